The van der Waals surface area contributed by atoms with Crippen molar-refractivity contribution in [3.63, 3.8) is 0 Å². The molecule has 5 rings (SSSR count). The van der Waals surface area contributed by atoms with Gasteiger partial charge in [0.15, 0.2) is 0 Å². The van der Waals surface area contributed by atoms with Crippen molar-refractivity contribution in [2.75, 3.05) is 23.4 Å². The first-order valence-corrected chi connectivity index (χ1v) is 12.6. The van der Waals surface area contributed by atoms with E-state index in [9.17, 15) is 9.90 Å². The zero-order chi connectivity index (χ0) is 23.7. The number of nitrogens with one attached hydrogen (secondary N) is 1. The quantitative estimate of drug-likeness (QED) is 0.684. The molecule has 0 bridgehead atoms. The van der Waals surface area contributed by atoms with Crippen LogP contribution in [0.25, 0.3) is 0 Å². The Kier molecular flexibility index (Phi) is 6.60. The Labute approximate surface area is 201 Å². The summed E-state index contributed by atoms with van der Waals surface area (Å²) in [6.45, 7) is 5.65. The number of nitrogens with zero attached hydrogens (tertiary/aromatic N) is 2. The fraction of sp³-hybridized carbons (Fsp3) is 0.556. The molecule has 2 N–H and O–H groups in total. The maximum atomic E-state index is 13.9. The topological polar surface area (TPSA) is 83.9 Å². The number of ether oxygens (including phenoxy) is 2. The lowest BCUT2D eigenvalue weighted by Gasteiger charge is -2.35. The average Bonchev–Trinajstić information content (AvgIpc) is 3.00. The van der Waals surface area contributed by atoms with Crippen LogP contribution in [0.5, 0.6) is 0 Å². The van der Waals surface area contributed by atoms with Gasteiger partial charge in [0.2, 0.25) is 5.91 Å². The summed E-state index contributed by atoms with van der Waals surface area (Å²) in [5.41, 5.74) is 2.52. The third-order valence-electron chi connectivity index (χ3n) is 7.37. The number of hydrogen-bond acceptors (Lipinski definition) is 6. The van der Waals surface area contributed by atoms with E-state index >= 15 is 0 Å². The largest absolute Gasteiger partial charge is 0.385 e. The van der Waals surface area contributed by atoms with Crippen LogP contribution in [0.15, 0.2) is 36.5 Å². The first kappa shape index (κ1) is 23.3. The minimum atomic E-state index is -0.939. The normalized spacial score (nSPS) is 24.1. The van der Waals surface area contributed by atoms with E-state index in [4.69, 9.17) is 9.47 Å². The van der Waals surface area contributed by atoms with Crippen LogP contribution in [0.4, 0.5) is 17.2 Å². The maximum Gasteiger partial charge on any atom is 0.230 e. The second kappa shape index (κ2) is 9.64. The van der Waals surface area contributed by atoms with Crippen LogP contribution in [0, 0.1) is 5.92 Å². The number of anilines is 3. The Bertz CT molecular complexity index is 1030. The molecule has 0 radical (unpaired) electrons. The van der Waals surface area contributed by atoms with Gasteiger partial charge in [-0.05, 0) is 63.3 Å². The molecule has 182 valence electrons. The van der Waals surface area contributed by atoms with Crippen molar-refractivity contribution in [3.05, 3.63) is 47.7 Å². The standard InChI is InChI=1S/C27H35N3O4/c1-18(2)34-22-8-5-19(6-9-22)26(31)30-17-20-4-3-13-28-25(20)29-23-10-7-21(16-24(23)30)27(32)11-14-33-15-12-27/h3-4,7,10,13,16,18-19,22,32H,5-6,8-9,11-12,14-15,17H2,1-2H3,(H,28,29). The summed E-state index contributed by atoms with van der Waals surface area (Å²) in [6, 6.07) is 9.84. The molecule has 2 aliphatic heterocycles. The predicted octanol–water partition coefficient (Wildman–Crippen LogP) is 4.65. The van der Waals surface area contributed by atoms with E-state index in [2.05, 4.69) is 24.1 Å². The summed E-state index contributed by atoms with van der Waals surface area (Å²) < 4.78 is 11.5. The van der Waals surface area contributed by atoms with Crippen LogP contribution in [0.2, 0.25) is 0 Å². The molecule has 7 nitrogen and oxygen atoms in total. The lowest BCUT2D eigenvalue weighted by molar-refractivity contribution is -0.124. The van der Waals surface area contributed by atoms with E-state index in [0.29, 0.717) is 32.6 Å². The van der Waals surface area contributed by atoms with Gasteiger partial charge in [0.1, 0.15) is 5.82 Å². The number of carbonyl (C=O) groups is 1. The van der Waals surface area contributed by atoms with Crippen LogP contribution < -0.4 is 10.2 Å². The van der Waals surface area contributed by atoms with Gasteiger partial charge in [0.05, 0.1) is 35.7 Å². The summed E-state index contributed by atoms with van der Waals surface area (Å²) >= 11 is 0. The number of rotatable bonds is 4. The summed E-state index contributed by atoms with van der Waals surface area (Å²) in [7, 11) is 0. The highest BCUT2D eigenvalue weighted by atomic mass is 16.5. The van der Waals surface area contributed by atoms with E-state index in [-0.39, 0.29) is 24.0 Å². The van der Waals surface area contributed by atoms with E-state index in [1.165, 1.54) is 0 Å². The van der Waals surface area contributed by atoms with Crippen molar-refractivity contribution in [2.45, 2.75) is 76.7 Å². The SMILES string of the molecule is CC(C)OC1CCC(C(=O)N2Cc3cccnc3Nc3ccc(C4(O)CCOCC4)cc32)CC1. The fourth-order valence-electron chi connectivity index (χ4n) is 5.46. The zero-order valence-corrected chi connectivity index (χ0v) is 20.1. The van der Waals surface area contributed by atoms with Crippen LogP contribution in [-0.2, 0) is 26.4 Å². The Balaban J connectivity index is 1.46. The Morgan fingerprint density at radius 3 is 2.71 bits per heavy atom. The Morgan fingerprint density at radius 2 is 1.97 bits per heavy atom. The lowest BCUT2D eigenvalue weighted by Crippen LogP contribution is -2.39. The predicted molar refractivity (Wildman–Crippen MR) is 131 cm³/mol. The second-order valence-electron chi connectivity index (χ2n) is 10.1. The molecule has 0 unspecified atom stereocenters. The molecule has 1 aliphatic carbocycles. The van der Waals surface area contributed by atoms with Gasteiger partial charge >= 0.3 is 0 Å². The monoisotopic (exact) mass is 465 g/mol. The number of carbonyl (C=O) groups excluding carboxylic acids is 1. The smallest absolute Gasteiger partial charge is 0.230 e. The van der Waals surface area contributed by atoms with E-state index < -0.39 is 5.60 Å². The third-order valence-corrected chi connectivity index (χ3v) is 7.37. The van der Waals surface area contributed by atoms with E-state index in [1.54, 1.807) is 6.20 Å². The molecule has 1 aromatic heterocycles. The lowest BCUT2D eigenvalue weighted by atomic mass is 9.85. The molecule has 1 saturated heterocycles. The molecule has 34 heavy (non-hydrogen) atoms. The van der Waals surface area contributed by atoms with Crippen molar-refractivity contribution in [3.8, 4) is 0 Å². The number of amides is 1. The maximum absolute atomic E-state index is 13.9. The molecular weight excluding hydrogens is 430 g/mol. The van der Waals surface area contributed by atoms with E-state index in [1.807, 2.05) is 35.2 Å². The number of aromatic nitrogens is 1. The minimum Gasteiger partial charge on any atom is -0.385 e. The van der Waals surface area contributed by atoms with Crippen LogP contribution >= 0.6 is 0 Å². The molecule has 1 saturated carbocycles. The molecule has 3 heterocycles. The van der Waals surface area contributed by atoms with Crippen molar-refractivity contribution in [1.29, 1.82) is 0 Å². The minimum absolute atomic E-state index is 0.0343. The number of hydrogen-bond donors (Lipinski definition) is 2. The van der Waals surface area contributed by atoms with Crippen molar-refractivity contribution >= 4 is 23.1 Å². The van der Waals surface area contributed by atoms with Gasteiger partial charge in [-0.1, -0.05) is 12.1 Å². The van der Waals surface area contributed by atoms with Gasteiger partial charge in [-0.3, -0.25) is 4.79 Å². The molecule has 3 aliphatic rings. The number of benzene rings is 1. The van der Waals surface area contributed by atoms with E-state index in [0.717, 1.165) is 54.0 Å². The number of aliphatic hydroxyl groups is 1. The van der Waals surface area contributed by atoms with Crippen LogP contribution in [0.3, 0.4) is 0 Å². The van der Waals surface area contributed by atoms with Crippen molar-refractivity contribution in [2.24, 2.45) is 5.92 Å². The summed E-state index contributed by atoms with van der Waals surface area (Å²) in [5.74, 6) is 0.873. The summed E-state index contributed by atoms with van der Waals surface area (Å²) in [6.07, 6.45) is 6.78. The highest BCUT2D eigenvalue weighted by molar-refractivity contribution is 5.99. The van der Waals surface area contributed by atoms with Gasteiger partial charge in [0, 0.05) is 43.7 Å². The first-order chi connectivity index (χ1) is 16.4. The highest BCUT2D eigenvalue weighted by Crippen LogP contribution is 2.41. The summed E-state index contributed by atoms with van der Waals surface area (Å²) in [5, 5.41) is 14.8. The fourth-order valence-corrected chi connectivity index (χ4v) is 5.46. The number of pyridine rings is 1. The average molecular weight is 466 g/mol. The summed E-state index contributed by atoms with van der Waals surface area (Å²) in [4.78, 5) is 20.3. The first-order valence-electron chi connectivity index (χ1n) is 12.6. The number of fused-ring (bicyclic) bond motifs is 2. The second-order valence-corrected chi connectivity index (χ2v) is 10.1. The third kappa shape index (κ3) is 4.69. The highest BCUT2D eigenvalue weighted by Gasteiger charge is 2.36. The van der Waals surface area contributed by atoms with Gasteiger partial charge < -0.3 is 24.8 Å². The molecular formula is C27H35N3O4. The Hall–Kier alpha value is -2.48. The molecule has 1 aromatic carbocycles. The van der Waals surface area contributed by atoms with Crippen molar-refractivity contribution in [1.82, 2.24) is 4.98 Å². The molecule has 7 heteroatoms. The molecule has 0 spiro atoms. The van der Waals surface area contributed by atoms with Crippen molar-refractivity contribution < 1.29 is 19.4 Å². The van der Waals surface area contributed by atoms with Gasteiger partial charge in [-0.15, -0.1) is 0 Å². The molecule has 1 amide bonds. The van der Waals surface area contributed by atoms with Crippen LogP contribution in [0.1, 0.15) is 63.5 Å². The zero-order valence-electron chi connectivity index (χ0n) is 20.1. The Morgan fingerprint density at radius 1 is 1.21 bits per heavy atom. The molecule has 2 fully saturated rings. The molecule has 2 aromatic rings. The van der Waals surface area contributed by atoms with Crippen LogP contribution in [-0.4, -0.2) is 41.4 Å². The van der Waals surface area contributed by atoms with Gasteiger partial charge in [-0.25, -0.2) is 4.98 Å². The van der Waals surface area contributed by atoms with Gasteiger partial charge in [0.25, 0.3) is 0 Å². The van der Waals surface area contributed by atoms with Gasteiger partial charge in [-0.2, -0.15) is 0 Å². The molecule has 0 atom stereocenters.